The smallest absolute Gasteiger partial charge is 0.248 e. The molecule has 4 heterocycles. The summed E-state index contributed by atoms with van der Waals surface area (Å²) in [6, 6.07) is 3.29. The van der Waals surface area contributed by atoms with Crippen LogP contribution in [0.2, 0.25) is 0 Å². The molecule has 8 nitrogen and oxygen atoms in total. The number of nitrogens with zero attached hydrogens (tertiary/aromatic N) is 7. The Bertz CT molecular complexity index is 1480. The van der Waals surface area contributed by atoms with Gasteiger partial charge in [0.05, 0.1) is 11.7 Å². The van der Waals surface area contributed by atoms with Gasteiger partial charge in [0, 0.05) is 36.7 Å². The molecule has 1 saturated carbocycles. The lowest BCUT2D eigenvalue weighted by Gasteiger charge is -2.29. The Labute approximate surface area is 203 Å². The number of rotatable bonds is 4. The molecule has 6 rings (SSSR count). The molecular weight excluding hydrogens is 476 g/mol. The lowest BCUT2D eigenvalue weighted by Crippen LogP contribution is -2.26. The Kier molecular flexibility index (Phi) is 5.09. The summed E-state index contributed by atoms with van der Waals surface area (Å²) in [5, 5.41) is 11.9. The van der Waals surface area contributed by atoms with Crippen LogP contribution in [0.4, 0.5) is 23.4 Å². The Morgan fingerprint density at radius 2 is 1.97 bits per heavy atom. The van der Waals surface area contributed by atoms with Gasteiger partial charge in [0.1, 0.15) is 17.3 Å². The third-order valence-electron chi connectivity index (χ3n) is 6.83. The summed E-state index contributed by atoms with van der Waals surface area (Å²) in [5.74, 6) is -3.04. The van der Waals surface area contributed by atoms with Crippen LogP contribution in [0.1, 0.15) is 61.9 Å². The van der Waals surface area contributed by atoms with Crippen molar-refractivity contribution in [3.05, 3.63) is 59.6 Å². The Morgan fingerprint density at radius 3 is 2.69 bits per heavy atom. The summed E-state index contributed by atoms with van der Waals surface area (Å²) in [7, 11) is 0. The van der Waals surface area contributed by atoms with Gasteiger partial charge in [0.25, 0.3) is 0 Å². The second-order valence-corrected chi connectivity index (χ2v) is 9.20. The van der Waals surface area contributed by atoms with Crippen LogP contribution in [0.15, 0.2) is 30.6 Å². The molecule has 0 saturated heterocycles. The number of aryl methyl sites for hydroxylation is 1. The van der Waals surface area contributed by atoms with Gasteiger partial charge >= 0.3 is 0 Å². The number of anilines is 1. The van der Waals surface area contributed by atoms with Crippen LogP contribution in [-0.4, -0.2) is 40.2 Å². The number of fused-ring (bicyclic) bond motifs is 3. The van der Waals surface area contributed by atoms with Gasteiger partial charge in [-0.25, -0.2) is 27.5 Å². The summed E-state index contributed by atoms with van der Waals surface area (Å²) in [6.07, 6.45) is 3.50. The number of aromatic nitrogens is 7. The number of hydrogen-bond acceptors (Lipinski definition) is 6. The molecule has 1 aliphatic carbocycles. The fourth-order valence-corrected chi connectivity index (χ4v) is 5.07. The first-order chi connectivity index (χ1) is 17.3. The summed E-state index contributed by atoms with van der Waals surface area (Å²) < 4.78 is 59.5. The minimum atomic E-state index is -2.78. The maximum absolute atomic E-state index is 14.3. The summed E-state index contributed by atoms with van der Waals surface area (Å²) >= 11 is 0. The molecule has 1 fully saturated rings. The molecule has 1 aliphatic heterocycles. The van der Waals surface area contributed by atoms with Crippen molar-refractivity contribution in [3.8, 4) is 23.0 Å². The lowest BCUT2D eigenvalue weighted by atomic mass is 10.00. The van der Waals surface area contributed by atoms with E-state index in [9.17, 15) is 17.6 Å². The highest BCUT2D eigenvalue weighted by molar-refractivity contribution is 5.66. The van der Waals surface area contributed by atoms with Crippen LogP contribution in [-0.2, 0) is 0 Å². The second-order valence-electron chi connectivity index (χ2n) is 9.20. The van der Waals surface area contributed by atoms with Gasteiger partial charge in [-0.05, 0) is 38.0 Å². The average Bonchev–Trinajstić information content (AvgIpc) is 3.58. The van der Waals surface area contributed by atoms with Gasteiger partial charge in [0.15, 0.2) is 23.3 Å². The zero-order chi connectivity index (χ0) is 25.2. The van der Waals surface area contributed by atoms with E-state index in [4.69, 9.17) is 9.97 Å². The fraction of sp³-hybridized carbons (Fsp3) is 0.375. The zero-order valence-electron chi connectivity index (χ0n) is 19.5. The summed E-state index contributed by atoms with van der Waals surface area (Å²) in [6.45, 7) is 3.80. The van der Waals surface area contributed by atoms with Crippen LogP contribution < -0.4 is 5.32 Å². The van der Waals surface area contributed by atoms with Gasteiger partial charge < -0.3 is 5.32 Å². The monoisotopic (exact) mass is 498 g/mol. The molecule has 0 spiro atoms. The van der Waals surface area contributed by atoms with E-state index in [1.54, 1.807) is 17.7 Å². The molecule has 3 aromatic heterocycles. The molecule has 12 heteroatoms. The maximum Gasteiger partial charge on any atom is 0.248 e. The van der Waals surface area contributed by atoms with E-state index >= 15 is 0 Å². The number of hydrogen-bond donors (Lipinski definition) is 1. The molecule has 0 amide bonds. The SMILES string of the molecule is CC[C@H]1Nc2nc(-n3ccnc3-c3ccc(F)c(F)c3)nc(C3CCC(F)(F)C3)c2-n2c(C)nnc21. The standard InChI is InChI=1S/C24H22F4N8/c1-3-17-22-34-33-12(2)36(22)19-18(14-6-7-24(27,28)11-14)31-23(32-20(19)30-17)35-9-8-29-21(35)13-4-5-15(25)16(26)10-13/h4-5,8-10,14,17H,3,6-7,11H2,1-2H3,(H,30,31,32)/t14?,17-/m1/s1. The van der Waals surface area contributed by atoms with Crippen molar-refractivity contribution < 1.29 is 17.6 Å². The molecule has 0 bridgehead atoms. The number of imidazole rings is 1. The zero-order valence-corrected chi connectivity index (χ0v) is 19.5. The molecule has 1 unspecified atom stereocenters. The van der Waals surface area contributed by atoms with Crippen LogP contribution in [0.3, 0.4) is 0 Å². The van der Waals surface area contributed by atoms with E-state index in [1.807, 2.05) is 11.5 Å². The fourth-order valence-electron chi connectivity index (χ4n) is 5.07. The first-order valence-corrected chi connectivity index (χ1v) is 11.7. The molecular formula is C24H22F4N8. The van der Waals surface area contributed by atoms with Crippen molar-refractivity contribution in [1.82, 2.24) is 34.3 Å². The Hall–Kier alpha value is -3.83. The van der Waals surface area contributed by atoms with Crippen molar-refractivity contribution in [2.75, 3.05) is 5.32 Å². The molecule has 36 heavy (non-hydrogen) atoms. The van der Waals surface area contributed by atoms with Crippen LogP contribution in [0, 0.1) is 18.6 Å². The highest BCUT2D eigenvalue weighted by atomic mass is 19.3. The molecule has 0 radical (unpaired) electrons. The van der Waals surface area contributed by atoms with Crippen LogP contribution in [0.5, 0.6) is 0 Å². The van der Waals surface area contributed by atoms with E-state index in [0.717, 1.165) is 12.1 Å². The molecule has 4 aromatic rings. The average molecular weight is 498 g/mol. The van der Waals surface area contributed by atoms with E-state index in [1.165, 1.54) is 12.3 Å². The quantitative estimate of drug-likeness (QED) is 0.386. The van der Waals surface area contributed by atoms with E-state index in [-0.39, 0.29) is 31.3 Å². The highest BCUT2D eigenvalue weighted by Crippen LogP contribution is 2.47. The number of nitrogens with one attached hydrogen (secondary N) is 1. The van der Waals surface area contributed by atoms with Crippen molar-refractivity contribution >= 4 is 5.82 Å². The normalized spacial score (nSPS) is 20.2. The third kappa shape index (κ3) is 3.54. The lowest BCUT2D eigenvalue weighted by molar-refractivity contribution is 0.00765. The molecule has 2 atom stereocenters. The van der Waals surface area contributed by atoms with Gasteiger partial charge in [-0.3, -0.25) is 9.13 Å². The van der Waals surface area contributed by atoms with E-state index in [0.29, 0.717) is 46.7 Å². The molecule has 1 N–H and O–H groups in total. The number of halogens is 4. The predicted octanol–water partition coefficient (Wildman–Crippen LogP) is 5.28. The Morgan fingerprint density at radius 1 is 1.14 bits per heavy atom. The largest absolute Gasteiger partial charge is 0.358 e. The number of alkyl halides is 2. The van der Waals surface area contributed by atoms with Gasteiger partial charge in [-0.1, -0.05) is 6.92 Å². The van der Waals surface area contributed by atoms with Crippen molar-refractivity contribution in [3.63, 3.8) is 0 Å². The van der Waals surface area contributed by atoms with Crippen molar-refractivity contribution in [1.29, 1.82) is 0 Å². The molecule has 2 aliphatic rings. The van der Waals surface area contributed by atoms with Gasteiger partial charge in [0.2, 0.25) is 11.9 Å². The maximum atomic E-state index is 14.3. The second kappa shape index (κ2) is 8.10. The van der Waals surface area contributed by atoms with Crippen molar-refractivity contribution in [2.24, 2.45) is 0 Å². The van der Waals surface area contributed by atoms with E-state index < -0.39 is 23.5 Å². The topological polar surface area (TPSA) is 86.3 Å². The van der Waals surface area contributed by atoms with Crippen molar-refractivity contribution in [2.45, 2.75) is 57.4 Å². The minimum absolute atomic E-state index is 0.187. The predicted molar refractivity (Wildman–Crippen MR) is 122 cm³/mol. The summed E-state index contributed by atoms with van der Waals surface area (Å²) in [5.41, 5.74) is 1.35. The first-order valence-electron chi connectivity index (χ1n) is 11.7. The Balaban J connectivity index is 1.56. The van der Waals surface area contributed by atoms with Crippen LogP contribution >= 0.6 is 0 Å². The minimum Gasteiger partial charge on any atom is -0.358 e. The van der Waals surface area contributed by atoms with Gasteiger partial charge in [-0.15, -0.1) is 10.2 Å². The highest BCUT2D eigenvalue weighted by Gasteiger charge is 2.43. The molecule has 186 valence electrons. The van der Waals surface area contributed by atoms with E-state index in [2.05, 4.69) is 20.5 Å². The molecule has 1 aromatic carbocycles. The summed E-state index contributed by atoms with van der Waals surface area (Å²) in [4.78, 5) is 13.8. The number of benzene rings is 1. The first kappa shape index (κ1) is 22.6. The van der Waals surface area contributed by atoms with Gasteiger partial charge in [-0.2, -0.15) is 4.98 Å². The van der Waals surface area contributed by atoms with Crippen LogP contribution in [0.25, 0.3) is 23.0 Å². The third-order valence-corrected chi connectivity index (χ3v) is 6.83.